The second kappa shape index (κ2) is 5.69. The predicted octanol–water partition coefficient (Wildman–Crippen LogP) is 4.10. The van der Waals surface area contributed by atoms with Crippen LogP contribution in [0.25, 0.3) is 0 Å². The summed E-state index contributed by atoms with van der Waals surface area (Å²) in [5, 5.41) is 0. The van der Waals surface area contributed by atoms with Gasteiger partial charge in [0.05, 0.1) is 0 Å². The predicted molar refractivity (Wildman–Crippen MR) is 72.6 cm³/mol. The maximum Gasteiger partial charge on any atom is 0.150 e. The fourth-order valence-electron chi connectivity index (χ4n) is 1.61. The van der Waals surface area contributed by atoms with Crippen molar-refractivity contribution in [2.75, 3.05) is 0 Å². The first-order valence-corrected chi connectivity index (χ1v) is 6.51. The van der Waals surface area contributed by atoms with E-state index in [1.807, 2.05) is 25.1 Å². The molecule has 0 aliphatic heterocycles. The Bertz CT molecular complexity index is 506. The van der Waals surface area contributed by atoms with Crippen LogP contribution in [0.1, 0.15) is 21.5 Å². The van der Waals surface area contributed by atoms with Crippen LogP contribution in [0.4, 0.5) is 0 Å². The van der Waals surface area contributed by atoms with Gasteiger partial charge in [-0.1, -0.05) is 36.4 Å². The summed E-state index contributed by atoms with van der Waals surface area (Å²) in [6.45, 7) is 1.97. The van der Waals surface area contributed by atoms with Crippen molar-refractivity contribution >= 4 is 18.0 Å². The van der Waals surface area contributed by atoms with Gasteiger partial charge in [-0.15, -0.1) is 11.8 Å². The number of carbonyl (C=O) groups excluding carboxylic acids is 1. The Morgan fingerprint density at radius 1 is 1.12 bits per heavy atom. The minimum Gasteiger partial charge on any atom is -0.298 e. The number of hydrogen-bond donors (Lipinski definition) is 0. The lowest BCUT2D eigenvalue weighted by Crippen LogP contribution is -1.86. The largest absolute Gasteiger partial charge is 0.298 e. The van der Waals surface area contributed by atoms with Gasteiger partial charge in [0.25, 0.3) is 0 Å². The van der Waals surface area contributed by atoms with Gasteiger partial charge in [0.15, 0.2) is 0 Å². The zero-order valence-electron chi connectivity index (χ0n) is 9.72. The third-order valence-electron chi connectivity index (χ3n) is 2.62. The van der Waals surface area contributed by atoms with Crippen molar-refractivity contribution in [1.82, 2.24) is 0 Å². The van der Waals surface area contributed by atoms with E-state index in [0.717, 1.165) is 23.2 Å². The summed E-state index contributed by atoms with van der Waals surface area (Å²) in [5.41, 5.74) is 3.13. The zero-order chi connectivity index (χ0) is 12.1. The lowest BCUT2D eigenvalue weighted by Gasteiger charge is -2.04. The second-order valence-corrected chi connectivity index (χ2v) is 4.96. The average molecular weight is 242 g/mol. The van der Waals surface area contributed by atoms with E-state index in [0.29, 0.717) is 0 Å². The molecule has 0 N–H and O–H groups in total. The van der Waals surface area contributed by atoms with Gasteiger partial charge >= 0.3 is 0 Å². The second-order valence-electron chi connectivity index (χ2n) is 3.91. The maximum absolute atomic E-state index is 10.7. The molecule has 0 radical (unpaired) electrons. The highest BCUT2D eigenvalue weighted by molar-refractivity contribution is 7.98. The molecule has 0 atom stereocenters. The van der Waals surface area contributed by atoms with E-state index in [9.17, 15) is 4.79 Å². The lowest BCUT2D eigenvalue weighted by molar-refractivity contribution is 0.112. The van der Waals surface area contributed by atoms with Gasteiger partial charge in [-0.3, -0.25) is 4.79 Å². The molecule has 0 spiro atoms. The Balaban J connectivity index is 2.05. The van der Waals surface area contributed by atoms with Gasteiger partial charge < -0.3 is 0 Å². The maximum atomic E-state index is 10.7. The first kappa shape index (κ1) is 11.9. The molecule has 1 nitrogen and oxygen atoms in total. The number of hydrogen-bond acceptors (Lipinski definition) is 2. The highest BCUT2D eigenvalue weighted by atomic mass is 32.2. The van der Waals surface area contributed by atoms with E-state index in [2.05, 4.69) is 30.3 Å². The first-order chi connectivity index (χ1) is 8.29. The van der Waals surface area contributed by atoms with Crippen LogP contribution < -0.4 is 0 Å². The monoisotopic (exact) mass is 242 g/mol. The third kappa shape index (κ3) is 3.21. The van der Waals surface area contributed by atoms with Crippen LogP contribution in [0.15, 0.2) is 53.4 Å². The first-order valence-electron chi connectivity index (χ1n) is 5.52. The molecule has 2 aromatic carbocycles. The zero-order valence-corrected chi connectivity index (χ0v) is 10.5. The van der Waals surface area contributed by atoms with Crippen LogP contribution in [-0.2, 0) is 5.75 Å². The van der Waals surface area contributed by atoms with Gasteiger partial charge in [-0.05, 0) is 30.2 Å². The smallest absolute Gasteiger partial charge is 0.150 e. The van der Waals surface area contributed by atoms with Gasteiger partial charge in [-0.25, -0.2) is 0 Å². The van der Waals surface area contributed by atoms with Crippen LogP contribution in [-0.4, -0.2) is 6.29 Å². The van der Waals surface area contributed by atoms with Gasteiger partial charge in [0.2, 0.25) is 0 Å². The quantitative estimate of drug-likeness (QED) is 0.593. The van der Waals surface area contributed by atoms with Crippen LogP contribution in [0.2, 0.25) is 0 Å². The summed E-state index contributed by atoms with van der Waals surface area (Å²) in [7, 11) is 0. The van der Waals surface area contributed by atoms with Gasteiger partial charge in [0.1, 0.15) is 6.29 Å². The number of aryl methyl sites for hydroxylation is 1. The number of benzene rings is 2. The van der Waals surface area contributed by atoms with Crippen molar-refractivity contribution in [3.63, 3.8) is 0 Å². The summed E-state index contributed by atoms with van der Waals surface area (Å²) >= 11 is 1.79. The van der Waals surface area contributed by atoms with Crippen LogP contribution in [0, 0.1) is 6.92 Å². The molecule has 0 aliphatic carbocycles. The highest BCUT2D eigenvalue weighted by Gasteiger charge is 2.00. The van der Waals surface area contributed by atoms with Crippen LogP contribution in [0.3, 0.4) is 0 Å². The van der Waals surface area contributed by atoms with Crippen LogP contribution >= 0.6 is 11.8 Å². The number of carbonyl (C=O) groups is 1. The molecule has 0 amide bonds. The lowest BCUT2D eigenvalue weighted by atomic mass is 10.1. The Hall–Kier alpha value is -1.54. The summed E-state index contributed by atoms with van der Waals surface area (Å²) in [5.74, 6) is 0.959. The minimum atomic E-state index is 0.772. The van der Waals surface area contributed by atoms with E-state index in [4.69, 9.17) is 0 Å². The standard InChI is InChI=1S/C15H14OS/c1-12-9-15(8-7-14(12)10-16)17-11-13-5-3-2-4-6-13/h2-10H,11H2,1H3. The number of aldehydes is 1. The van der Waals surface area contributed by atoms with Crippen molar-refractivity contribution in [1.29, 1.82) is 0 Å². The number of rotatable bonds is 4. The van der Waals surface area contributed by atoms with E-state index in [1.165, 1.54) is 10.5 Å². The summed E-state index contributed by atoms with van der Waals surface area (Å²) in [4.78, 5) is 11.9. The minimum absolute atomic E-state index is 0.772. The fourth-order valence-corrected chi connectivity index (χ4v) is 2.56. The van der Waals surface area contributed by atoms with Crippen molar-refractivity contribution < 1.29 is 4.79 Å². The molecule has 0 fully saturated rings. The van der Waals surface area contributed by atoms with E-state index in [-0.39, 0.29) is 0 Å². The third-order valence-corrected chi connectivity index (χ3v) is 3.68. The molecule has 0 aliphatic rings. The highest BCUT2D eigenvalue weighted by Crippen LogP contribution is 2.24. The van der Waals surface area contributed by atoms with Crippen molar-refractivity contribution in [2.24, 2.45) is 0 Å². The van der Waals surface area contributed by atoms with E-state index >= 15 is 0 Å². The molecule has 0 heterocycles. The molecule has 2 heteroatoms. The Morgan fingerprint density at radius 2 is 1.88 bits per heavy atom. The fraction of sp³-hybridized carbons (Fsp3) is 0.133. The molecule has 0 saturated carbocycles. The summed E-state index contributed by atoms with van der Waals surface area (Å²) in [6.07, 6.45) is 0.904. The molecule has 2 rings (SSSR count). The van der Waals surface area contributed by atoms with Gasteiger partial charge in [0, 0.05) is 16.2 Å². The van der Waals surface area contributed by atoms with Crippen LogP contribution in [0.5, 0.6) is 0 Å². The van der Waals surface area contributed by atoms with E-state index < -0.39 is 0 Å². The molecule has 2 aromatic rings. The molecular weight excluding hydrogens is 228 g/mol. The SMILES string of the molecule is Cc1cc(SCc2ccccc2)ccc1C=O. The normalized spacial score (nSPS) is 10.2. The molecule has 0 aromatic heterocycles. The Kier molecular flexibility index (Phi) is 3.99. The van der Waals surface area contributed by atoms with Crippen molar-refractivity contribution in [3.05, 3.63) is 65.2 Å². The summed E-state index contributed by atoms with van der Waals surface area (Å²) in [6, 6.07) is 16.3. The van der Waals surface area contributed by atoms with E-state index in [1.54, 1.807) is 11.8 Å². The van der Waals surface area contributed by atoms with Crippen molar-refractivity contribution in [2.45, 2.75) is 17.6 Å². The topological polar surface area (TPSA) is 17.1 Å². The molecule has 86 valence electrons. The molecule has 17 heavy (non-hydrogen) atoms. The van der Waals surface area contributed by atoms with Crippen molar-refractivity contribution in [3.8, 4) is 0 Å². The van der Waals surface area contributed by atoms with Gasteiger partial charge in [-0.2, -0.15) is 0 Å². The molecular formula is C15H14OS. The average Bonchev–Trinajstić information content (AvgIpc) is 2.38. The molecule has 0 bridgehead atoms. The molecule has 0 saturated heterocycles. The Labute approximate surface area is 106 Å². The Morgan fingerprint density at radius 3 is 2.53 bits per heavy atom. The number of thioether (sulfide) groups is 1. The summed E-state index contributed by atoms with van der Waals surface area (Å²) < 4.78 is 0. The molecule has 0 unspecified atom stereocenters.